The predicted octanol–water partition coefficient (Wildman–Crippen LogP) is 8.08. The Morgan fingerprint density at radius 2 is 0.847 bits per heavy atom. The zero-order chi connectivity index (χ0) is 50.3. The fourth-order valence-electron chi connectivity index (χ4n) is 16.6. The third-order valence-corrected chi connectivity index (χ3v) is 20.8. The molecule has 0 aromatic heterocycles. The van der Waals surface area contributed by atoms with E-state index in [9.17, 15) is 14.4 Å². The fraction of sp³-hybridized carbons (Fsp3) is 0.943. The van der Waals surface area contributed by atoms with E-state index in [1.54, 1.807) is 0 Å². The third-order valence-electron chi connectivity index (χ3n) is 20.8. The number of carbonyl (C=O) groups excluding carboxylic acids is 3. The molecule has 3 spiro atoms. The summed E-state index contributed by atoms with van der Waals surface area (Å²) in [5, 5.41) is 0. The van der Waals surface area contributed by atoms with Gasteiger partial charge in [0.1, 0.15) is 13.2 Å². The van der Waals surface area contributed by atoms with E-state index in [0.29, 0.717) is 37.0 Å². The van der Waals surface area contributed by atoms with Crippen molar-refractivity contribution in [1.82, 2.24) is 0 Å². The quantitative estimate of drug-likeness (QED) is 0.115. The molecule has 12 aliphatic heterocycles. The summed E-state index contributed by atoms with van der Waals surface area (Å²) in [4.78, 5) is 78.7. The number of fused-ring (bicyclic) bond motifs is 6. The van der Waals surface area contributed by atoms with Crippen molar-refractivity contribution in [2.45, 2.75) is 230 Å². The Kier molecular flexibility index (Phi) is 12.8. The van der Waals surface area contributed by atoms with Crippen LogP contribution in [0.2, 0.25) is 0 Å². The van der Waals surface area contributed by atoms with Gasteiger partial charge < -0.3 is 47.4 Å². The van der Waals surface area contributed by atoms with Crippen LogP contribution in [-0.4, -0.2) is 109 Å². The first-order chi connectivity index (χ1) is 34.3. The molecule has 15 aliphatic rings. The summed E-state index contributed by atoms with van der Waals surface area (Å²) in [6, 6.07) is 0. The summed E-state index contributed by atoms with van der Waals surface area (Å²) < 4.78 is 63.0. The van der Waals surface area contributed by atoms with Gasteiger partial charge in [-0.2, -0.15) is 0 Å². The average molecular weight is 1020 g/mol. The minimum absolute atomic E-state index is 0.0172. The van der Waals surface area contributed by atoms with Gasteiger partial charge in [-0.25, -0.2) is 34.1 Å². The molecule has 15 rings (SSSR count). The normalized spacial score (nSPS) is 54.1. The first kappa shape index (κ1) is 50.5. The summed E-state index contributed by atoms with van der Waals surface area (Å²) >= 11 is 0. The molecule has 0 aromatic carbocycles. The highest BCUT2D eigenvalue weighted by Gasteiger charge is 2.73. The molecule has 19 heteroatoms. The molecule has 0 amide bonds. The smallest absolute Gasteiger partial charge is 0.462 e. The van der Waals surface area contributed by atoms with Crippen molar-refractivity contribution in [1.29, 1.82) is 0 Å². The van der Waals surface area contributed by atoms with Crippen molar-refractivity contribution in [2.24, 2.45) is 71.0 Å². The van der Waals surface area contributed by atoms with Gasteiger partial charge in [0, 0.05) is 42.9 Å². The Hall–Kier alpha value is -2.27. The topological polar surface area (TPSA) is 199 Å². The molecule has 0 N–H and O–H groups in total. The minimum atomic E-state index is -1.25. The molecule has 12 heterocycles. The molecule has 3 unspecified atom stereocenters. The van der Waals surface area contributed by atoms with Crippen LogP contribution in [0.3, 0.4) is 0 Å². The zero-order valence-electron chi connectivity index (χ0n) is 43.5. The molecule has 72 heavy (non-hydrogen) atoms. The van der Waals surface area contributed by atoms with Gasteiger partial charge in [0.05, 0.1) is 25.0 Å². The van der Waals surface area contributed by atoms with Gasteiger partial charge in [-0.05, 0) is 126 Å². The Morgan fingerprint density at radius 1 is 0.472 bits per heavy atom. The van der Waals surface area contributed by atoms with E-state index in [0.717, 1.165) is 57.8 Å². The highest BCUT2D eigenvalue weighted by Crippen LogP contribution is 2.64. The molecule has 3 saturated carbocycles. The summed E-state index contributed by atoms with van der Waals surface area (Å²) in [6.07, 6.45) is 3.12. The molecule has 404 valence electrons. The highest BCUT2D eigenvalue weighted by molar-refractivity contribution is 5.71. The Morgan fingerprint density at radius 3 is 1.25 bits per heavy atom. The van der Waals surface area contributed by atoms with Gasteiger partial charge in [-0.15, -0.1) is 0 Å². The standard InChI is InChI=1S/C53H78O19/c1-26-10-13-36-29(4)39(60-44-51(36)33(26)16-19-48(7,64-44)67-70-51)22-41(54)57-24-32(59-47(56)63-43-31(6)38-15-12-28(3)35-18-21-50(9)66-46(62-43)53(35,38)72-69-50)25-58-42(55)23-40-30(5)37-14-11-27(2)34-17-20-49(8)65-45(61-40)52(34,37)71-68-49/h26-40,43-46H,10-25H2,1-9H3/t26-,27-,28-,29-,30-,31-,32?,33+,34+,35+,36+,37+,38+,39?,40?,43?,44-,45-,46-,48+,49+,50+,51-,52-,53-/m1/s1. The number of hydrogen-bond donors (Lipinski definition) is 0. The molecule has 19 nitrogen and oxygen atoms in total. The number of carbonyl (C=O) groups is 3. The minimum Gasteiger partial charge on any atom is -0.462 e. The molecular weight excluding hydrogens is 941 g/mol. The first-order valence-corrected chi connectivity index (χ1v) is 27.6. The lowest BCUT2D eigenvalue weighted by molar-refractivity contribution is -0.576. The van der Waals surface area contributed by atoms with Crippen LogP contribution in [0.15, 0.2) is 0 Å². The van der Waals surface area contributed by atoms with Crippen LogP contribution < -0.4 is 0 Å². The van der Waals surface area contributed by atoms with Gasteiger partial charge >= 0.3 is 18.1 Å². The van der Waals surface area contributed by atoms with E-state index in [-0.39, 0.29) is 66.1 Å². The summed E-state index contributed by atoms with van der Waals surface area (Å²) in [6.45, 7) is 17.6. The highest BCUT2D eigenvalue weighted by atomic mass is 17.3. The number of rotatable bonds is 10. The maximum Gasteiger partial charge on any atom is 0.511 e. The molecule has 0 radical (unpaired) electrons. The maximum absolute atomic E-state index is 14.0. The lowest BCUT2D eigenvalue weighted by Gasteiger charge is -2.60. The summed E-state index contributed by atoms with van der Waals surface area (Å²) in [5.74, 6) is -3.13. The molecule has 3 aliphatic carbocycles. The van der Waals surface area contributed by atoms with Crippen LogP contribution in [0.4, 0.5) is 4.79 Å². The first-order valence-electron chi connectivity index (χ1n) is 27.6. The van der Waals surface area contributed by atoms with Crippen LogP contribution in [0.5, 0.6) is 0 Å². The Labute approximate surface area is 422 Å². The van der Waals surface area contributed by atoms with E-state index in [2.05, 4.69) is 34.6 Å². The van der Waals surface area contributed by atoms with Crippen LogP contribution in [0, 0.1) is 71.0 Å². The molecule has 6 bridgehead atoms. The van der Waals surface area contributed by atoms with E-state index >= 15 is 0 Å². The summed E-state index contributed by atoms with van der Waals surface area (Å²) in [7, 11) is 0. The Bertz CT molecular complexity index is 2000. The van der Waals surface area contributed by atoms with Gasteiger partial charge in [0.2, 0.25) is 23.7 Å². The van der Waals surface area contributed by atoms with Crippen LogP contribution >= 0.6 is 0 Å². The monoisotopic (exact) mass is 1020 g/mol. The SMILES string of the molecule is C[C@@H]1CC[C@H]2[C@@H](C)C(CC(=O)OCC(COC(=O)CC3O[C@@H]4O[C@]5(C)CC[C@H]6[C@H](C)CC[C@@H]([C@H]3C)[C@@]46OO5)OC(=O)OC3O[C@@H]4O[C@]5(C)CC[C@H]6[C@H](C)CC[C@@H]([C@H]3C)[C@@]46OO5)O[C@@H]3O[C@]4(C)CC[C@@H]1[C@]32OO4. The lowest BCUT2D eigenvalue weighted by Crippen LogP contribution is -2.70. The molecule has 12 saturated heterocycles. The second-order valence-corrected chi connectivity index (χ2v) is 25.0. The second kappa shape index (κ2) is 18.2. The van der Waals surface area contributed by atoms with Crippen molar-refractivity contribution in [2.75, 3.05) is 13.2 Å². The van der Waals surface area contributed by atoms with E-state index in [1.807, 2.05) is 27.7 Å². The maximum atomic E-state index is 14.0. The Balaban J connectivity index is 0.732. The number of hydrogen-bond acceptors (Lipinski definition) is 19. The lowest BCUT2D eigenvalue weighted by atomic mass is 9.57. The predicted molar refractivity (Wildman–Crippen MR) is 243 cm³/mol. The number of ether oxygens (including phenoxy) is 10. The molecule has 15 fully saturated rings. The second-order valence-electron chi connectivity index (χ2n) is 25.0. The fourth-order valence-corrected chi connectivity index (χ4v) is 16.6. The van der Waals surface area contributed by atoms with Crippen LogP contribution in [0.25, 0.3) is 0 Å². The zero-order valence-corrected chi connectivity index (χ0v) is 43.5. The van der Waals surface area contributed by atoms with Crippen LogP contribution in [0.1, 0.15) is 152 Å². The van der Waals surface area contributed by atoms with Gasteiger partial charge in [0.25, 0.3) is 0 Å². The molecule has 0 aromatic rings. The van der Waals surface area contributed by atoms with E-state index in [1.165, 1.54) is 0 Å². The number of esters is 2. The van der Waals surface area contributed by atoms with Crippen molar-refractivity contribution in [3.63, 3.8) is 0 Å². The summed E-state index contributed by atoms with van der Waals surface area (Å²) in [5.41, 5.74) is -2.43. The van der Waals surface area contributed by atoms with E-state index < -0.39 is 109 Å². The van der Waals surface area contributed by atoms with E-state index in [4.69, 9.17) is 76.7 Å². The van der Waals surface area contributed by atoms with Gasteiger partial charge in [-0.1, -0.05) is 41.5 Å². The third kappa shape index (κ3) is 7.95. The van der Waals surface area contributed by atoms with Crippen molar-refractivity contribution in [3.8, 4) is 0 Å². The molecular formula is C53H78O19. The molecule has 24 atom stereocenters. The van der Waals surface area contributed by atoms with Crippen molar-refractivity contribution in [3.05, 3.63) is 0 Å². The van der Waals surface area contributed by atoms with Crippen LogP contribution in [-0.2, 0) is 86.3 Å². The van der Waals surface area contributed by atoms with Crippen molar-refractivity contribution < 1.29 is 91.1 Å². The van der Waals surface area contributed by atoms with Gasteiger partial charge in [-0.3, -0.25) is 9.59 Å². The largest absolute Gasteiger partial charge is 0.511 e. The van der Waals surface area contributed by atoms with Gasteiger partial charge in [0.15, 0.2) is 41.8 Å². The van der Waals surface area contributed by atoms with Crippen molar-refractivity contribution >= 4 is 18.1 Å². The average Bonchev–Trinajstić information content (AvgIpc) is 3.82.